The standard InChI is InChI=1S/C14H30N2/c1-5-13-7-6-9-16(10-8-13)14(4,11-15)12(2)3/h12-13H,5-11,15H2,1-4H3. The van der Waals surface area contributed by atoms with Crippen LogP contribution in [0.25, 0.3) is 0 Å². The van der Waals surface area contributed by atoms with Gasteiger partial charge in [-0.05, 0) is 51.1 Å². The van der Waals surface area contributed by atoms with Crippen LogP contribution >= 0.6 is 0 Å². The largest absolute Gasteiger partial charge is 0.329 e. The summed E-state index contributed by atoms with van der Waals surface area (Å²) in [6, 6.07) is 0. The summed E-state index contributed by atoms with van der Waals surface area (Å²) < 4.78 is 0. The van der Waals surface area contributed by atoms with Gasteiger partial charge in [0, 0.05) is 12.1 Å². The molecule has 0 bridgehead atoms. The van der Waals surface area contributed by atoms with Gasteiger partial charge in [-0.3, -0.25) is 4.90 Å². The Balaban J connectivity index is 2.65. The van der Waals surface area contributed by atoms with Gasteiger partial charge in [0.25, 0.3) is 0 Å². The molecule has 16 heavy (non-hydrogen) atoms. The van der Waals surface area contributed by atoms with Gasteiger partial charge in [0.05, 0.1) is 0 Å². The molecule has 2 heteroatoms. The van der Waals surface area contributed by atoms with E-state index in [1.54, 1.807) is 0 Å². The highest BCUT2D eigenvalue weighted by Gasteiger charge is 2.34. The molecule has 1 aliphatic heterocycles. The molecule has 1 heterocycles. The van der Waals surface area contributed by atoms with E-state index in [0.29, 0.717) is 5.92 Å². The molecule has 0 radical (unpaired) electrons. The lowest BCUT2D eigenvalue weighted by molar-refractivity contribution is 0.0696. The van der Waals surface area contributed by atoms with Gasteiger partial charge in [-0.15, -0.1) is 0 Å². The first-order valence-corrected chi connectivity index (χ1v) is 6.99. The van der Waals surface area contributed by atoms with Crippen LogP contribution in [0.3, 0.4) is 0 Å². The highest BCUT2D eigenvalue weighted by atomic mass is 15.2. The molecule has 2 nitrogen and oxygen atoms in total. The Morgan fingerprint density at radius 1 is 1.31 bits per heavy atom. The molecule has 1 rings (SSSR count). The summed E-state index contributed by atoms with van der Waals surface area (Å²) in [7, 11) is 0. The van der Waals surface area contributed by atoms with E-state index in [4.69, 9.17) is 5.73 Å². The molecule has 2 atom stereocenters. The minimum atomic E-state index is 0.197. The molecule has 96 valence electrons. The van der Waals surface area contributed by atoms with Crippen LogP contribution in [0.5, 0.6) is 0 Å². The van der Waals surface area contributed by atoms with Crippen molar-refractivity contribution in [3.05, 3.63) is 0 Å². The Kier molecular flexibility index (Phi) is 5.26. The van der Waals surface area contributed by atoms with Crippen LogP contribution in [0.2, 0.25) is 0 Å². The fraction of sp³-hybridized carbons (Fsp3) is 1.00. The topological polar surface area (TPSA) is 29.3 Å². The number of likely N-dealkylation sites (tertiary alicyclic amines) is 1. The summed E-state index contributed by atoms with van der Waals surface area (Å²) in [6.45, 7) is 12.5. The summed E-state index contributed by atoms with van der Waals surface area (Å²) in [4.78, 5) is 2.65. The van der Waals surface area contributed by atoms with E-state index in [-0.39, 0.29) is 5.54 Å². The van der Waals surface area contributed by atoms with Gasteiger partial charge in [0.2, 0.25) is 0 Å². The Morgan fingerprint density at radius 3 is 2.50 bits per heavy atom. The molecule has 2 N–H and O–H groups in total. The van der Waals surface area contributed by atoms with Crippen molar-refractivity contribution < 1.29 is 0 Å². The molecule has 0 saturated carbocycles. The summed E-state index contributed by atoms with van der Waals surface area (Å²) in [5.41, 5.74) is 6.21. The van der Waals surface area contributed by atoms with Crippen molar-refractivity contribution in [2.75, 3.05) is 19.6 Å². The first kappa shape index (κ1) is 14.0. The fourth-order valence-electron chi connectivity index (χ4n) is 2.81. The summed E-state index contributed by atoms with van der Waals surface area (Å²) >= 11 is 0. The maximum atomic E-state index is 6.02. The van der Waals surface area contributed by atoms with Crippen LogP contribution in [0.15, 0.2) is 0 Å². The van der Waals surface area contributed by atoms with Gasteiger partial charge >= 0.3 is 0 Å². The zero-order valence-corrected chi connectivity index (χ0v) is 11.6. The summed E-state index contributed by atoms with van der Waals surface area (Å²) in [6.07, 6.45) is 5.46. The molecule has 0 aromatic rings. The Hall–Kier alpha value is -0.0800. The van der Waals surface area contributed by atoms with Gasteiger partial charge in [-0.25, -0.2) is 0 Å². The van der Waals surface area contributed by atoms with Crippen molar-refractivity contribution in [1.82, 2.24) is 4.90 Å². The number of nitrogens with two attached hydrogens (primary N) is 1. The molecular weight excluding hydrogens is 196 g/mol. The van der Waals surface area contributed by atoms with Crippen molar-refractivity contribution in [2.24, 2.45) is 17.6 Å². The molecule has 0 aliphatic carbocycles. The van der Waals surface area contributed by atoms with Crippen molar-refractivity contribution in [1.29, 1.82) is 0 Å². The minimum Gasteiger partial charge on any atom is -0.329 e. The fourth-order valence-corrected chi connectivity index (χ4v) is 2.81. The average Bonchev–Trinajstić information content (AvgIpc) is 2.52. The maximum absolute atomic E-state index is 6.02. The smallest absolute Gasteiger partial charge is 0.0326 e. The van der Waals surface area contributed by atoms with Crippen molar-refractivity contribution in [3.8, 4) is 0 Å². The molecule has 1 fully saturated rings. The van der Waals surface area contributed by atoms with Gasteiger partial charge < -0.3 is 5.73 Å². The molecule has 0 aromatic carbocycles. The third kappa shape index (κ3) is 2.98. The van der Waals surface area contributed by atoms with Crippen LogP contribution in [0, 0.1) is 11.8 Å². The third-order valence-electron chi connectivity index (χ3n) is 4.80. The van der Waals surface area contributed by atoms with Crippen LogP contribution in [0.1, 0.15) is 53.4 Å². The Labute approximate surface area is 102 Å². The zero-order chi connectivity index (χ0) is 12.2. The zero-order valence-electron chi connectivity index (χ0n) is 11.6. The van der Waals surface area contributed by atoms with Gasteiger partial charge in [-0.2, -0.15) is 0 Å². The monoisotopic (exact) mass is 226 g/mol. The van der Waals surface area contributed by atoms with E-state index in [2.05, 4.69) is 32.6 Å². The molecule has 0 spiro atoms. The predicted octanol–water partition coefficient (Wildman–Crippen LogP) is 2.87. The first-order valence-electron chi connectivity index (χ1n) is 6.99. The van der Waals surface area contributed by atoms with Crippen LogP contribution in [0.4, 0.5) is 0 Å². The number of hydrogen-bond acceptors (Lipinski definition) is 2. The Morgan fingerprint density at radius 2 is 2.00 bits per heavy atom. The van der Waals surface area contributed by atoms with Gasteiger partial charge in [0.15, 0.2) is 0 Å². The van der Waals surface area contributed by atoms with E-state index in [0.717, 1.165) is 12.5 Å². The molecule has 1 aliphatic rings. The first-order chi connectivity index (χ1) is 7.54. The Bertz CT molecular complexity index is 203. The lowest BCUT2D eigenvalue weighted by Crippen LogP contribution is -2.55. The summed E-state index contributed by atoms with van der Waals surface area (Å²) in [5, 5.41) is 0. The molecule has 0 amide bonds. The van der Waals surface area contributed by atoms with Crippen molar-refractivity contribution in [2.45, 2.75) is 58.9 Å². The van der Waals surface area contributed by atoms with Crippen LogP contribution in [-0.2, 0) is 0 Å². The SMILES string of the molecule is CCC1CCCN(C(C)(CN)C(C)C)CC1. The second kappa shape index (κ2) is 6.02. The maximum Gasteiger partial charge on any atom is 0.0326 e. The molecular formula is C14H30N2. The highest BCUT2D eigenvalue weighted by molar-refractivity contribution is 4.91. The average molecular weight is 226 g/mol. The number of nitrogens with zero attached hydrogens (tertiary/aromatic N) is 1. The van der Waals surface area contributed by atoms with E-state index >= 15 is 0 Å². The number of hydrogen-bond donors (Lipinski definition) is 1. The molecule has 0 aromatic heterocycles. The van der Waals surface area contributed by atoms with E-state index in [1.165, 1.54) is 38.8 Å². The second-order valence-electron chi connectivity index (χ2n) is 5.91. The quantitative estimate of drug-likeness (QED) is 0.798. The van der Waals surface area contributed by atoms with Gasteiger partial charge in [0.1, 0.15) is 0 Å². The lowest BCUT2D eigenvalue weighted by Gasteiger charge is -2.43. The second-order valence-corrected chi connectivity index (χ2v) is 5.91. The van der Waals surface area contributed by atoms with Gasteiger partial charge in [-0.1, -0.05) is 27.2 Å². The van der Waals surface area contributed by atoms with Crippen LogP contribution in [-0.4, -0.2) is 30.1 Å². The predicted molar refractivity (Wildman–Crippen MR) is 71.5 cm³/mol. The van der Waals surface area contributed by atoms with Crippen LogP contribution < -0.4 is 5.73 Å². The van der Waals surface area contributed by atoms with E-state index < -0.39 is 0 Å². The molecule has 1 saturated heterocycles. The van der Waals surface area contributed by atoms with E-state index in [1.807, 2.05) is 0 Å². The van der Waals surface area contributed by atoms with Crippen molar-refractivity contribution >= 4 is 0 Å². The molecule has 2 unspecified atom stereocenters. The lowest BCUT2D eigenvalue weighted by atomic mass is 9.86. The van der Waals surface area contributed by atoms with E-state index in [9.17, 15) is 0 Å². The minimum absolute atomic E-state index is 0.197. The highest BCUT2D eigenvalue weighted by Crippen LogP contribution is 2.29. The third-order valence-corrected chi connectivity index (χ3v) is 4.80. The van der Waals surface area contributed by atoms with Crippen molar-refractivity contribution in [3.63, 3.8) is 0 Å². The summed E-state index contributed by atoms with van der Waals surface area (Å²) in [5.74, 6) is 1.58. The number of rotatable bonds is 4. The normalized spacial score (nSPS) is 27.8.